The van der Waals surface area contributed by atoms with E-state index >= 15 is 24.0 Å². The van der Waals surface area contributed by atoms with E-state index in [0.29, 0.717) is 18.5 Å². The fraction of sp³-hybridized carbons (Fsp3) is 0.269. The van der Waals surface area contributed by atoms with E-state index in [9.17, 15) is 50.4 Å². The molecule has 10 atom stereocenters. The van der Waals surface area contributed by atoms with Crippen LogP contribution in [0, 0.1) is 0 Å². The Kier molecular flexibility index (Phi) is 19.1. The van der Waals surface area contributed by atoms with Gasteiger partial charge >= 0.3 is 0 Å². The maximum absolute atomic E-state index is 16.0. The summed E-state index contributed by atoms with van der Waals surface area (Å²) in [5, 5.41) is 114. The lowest BCUT2D eigenvalue weighted by molar-refractivity contribution is -0.139. The van der Waals surface area contributed by atoms with Crippen molar-refractivity contribution in [2.45, 2.75) is 87.2 Å². The summed E-state index contributed by atoms with van der Waals surface area (Å²) >= 11 is 13.9. The molecule has 500 valence electrons. The number of rotatable bonds is 8. The van der Waals surface area contributed by atoms with E-state index in [1.54, 1.807) is 14.0 Å². The number of aliphatic hydroxyl groups is 2. The zero-order valence-corrected chi connectivity index (χ0v) is 52.9. The highest BCUT2D eigenvalue weighted by atomic mass is 35.5. The Bertz CT molecular complexity index is 4310. The highest BCUT2D eigenvalue weighted by Crippen LogP contribution is 2.48. The lowest BCUT2D eigenvalue weighted by Gasteiger charge is -2.32. The number of phenols is 6. The predicted octanol–water partition coefficient (Wildman–Crippen LogP) is 5.37. The molecule has 0 radical (unpaired) electrons. The van der Waals surface area contributed by atoms with Crippen LogP contribution in [0.4, 0.5) is 0 Å². The third kappa shape index (κ3) is 13.8. The number of benzene rings is 7. The van der Waals surface area contributed by atoms with Crippen LogP contribution in [0.1, 0.15) is 95.5 Å². The molecule has 0 spiro atoms. The Morgan fingerprint density at radius 2 is 1.18 bits per heavy atom. The highest BCUT2D eigenvalue weighted by molar-refractivity contribution is 6.32. The van der Waals surface area contributed by atoms with Crippen LogP contribution in [-0.2, 0) is 40.0 Å². The van der Waals surface area contributed by atoms with Crippen LogP contribution in [0.2, 0.25) is 10.0 Å². The second kappa shape index (κ2) is 27.4. The van der Waals surface area contributed by atoms with Gasteiger partial charge in [-0.3, -0.25) is 38.9 Å². The molecule has 6 heterocycles. The van der Waals surface area contributed by atoms with Gasteiger partial charge in [0.05, 0.1) is 16.1 Å². The minimum Gasteiger partial charge on any atom is -0.508 e. The van der Waals surface area contributed by atoms with Gasteiger partial charge in [0.2, 0.25) is 47.1 Å². The zero-order valence-electron chi connectivity index (χ0n) is 51.4. The van der Waals surface area contributed by atoms with Crippen LogP contribution in [0.5, 0.6) is 69.0 Å². The van der Waals surface area contributed by atoms with Crippen molar-refractivity contribution in [2.24, 2.45) is 0 Å². The van der Waals surface area contributed by atoms with Crippen LogP contribution >= 0.6 is 23.2 Å². The predicted molar refractivity (Wildman–Crippen MR) is 344 cm³/mol. The summed E-state index contributed by atoms with van der Waals surface area (Å²) in [6.45, 7) is 3.65. The topological polar surface area (TPSA) is 409 Å². The summed E-state index contributed by atoms with van der Waals surface area (Å²) in [6, 6.07) is 8.87. The third-order valence-corrected chi connectivity index (χ3v) is 17.4. The standard InChI is InChI=1S/C67H65Cl2N9O18/c1-28(29(2)79)71-53-32-8-11-45(83)49(22-32)94-38-19-34(18-36(80)25-38)55-64(90)75-56-35-23-50(95-47-12-6-30(16-41(47)68)17-43(61(87)73-55)72-62(53)88)60(86)51(24-35)96-48-13-9-33(21-42(48)69)59(85)58-66(92)76-57(67(93)78(4)15-5-14-70-3)40-26-37(81)27-46(84)52(40)39-20-31(7-10-44(39)82)54(63(89)77-58)74-65(56)91/h6-13,16,18-29,43,53-59,70-71,79-86H,5,14-15,17H2,1-4H3,(H,72,88)(H,73,87)(H,74,91)(H,75,90)(H,76,92)(H,77,89)/t28?,29?,43-,53-,54-,55+,56-,57+,58+,59-/m1/s1. The smallest absolute Gasteiger partial charge is 0.249 e. The Morgan fingerprint density at radius 3 is 1.84 bits per heavy atom. The molecular weight excluding hydrogens is 1290 g/mol. The van der Waals surface area contributed by atoms with Gasteiger partial charge in [-0.1, -0.05) is 47.5 Å². The summed E-state index contributed by atoms with van der Waals surface area (Å²) in [5.74, 6) is -13.3. The lowest BCUT2D eigenvalue weighted by Crippen LogP contribution is -2.56. The monoisotopic (exact) mass is 1350 g/mol. The fourth-order valence-electron chi connectivity index (χ4n) is 11.6. The molecule has 6 aliphatic heterocycles. The molecule has 7 amide bonds. The number of amides is 7. The zero-order chi connectivity index (χ0) is 68.7. The molecule has 6 aliphatic rings. The van der Waals surface area contributed by atoms with E-state index in [1.165, 1.54) is 85.6 Å². The highest BCUT2D eigenvalue weighted by Gasteiger charge is 2.42. The second-order valence-corrected chi connectivity index (χ2v) is 24.4. The van der Waals surface area contributed by atoms with Crippen molar-refractivity contribution in [1.82, 2.24) is 47.4 Å². The maximum Gasteiger partial charge on any atom is 0.249 e. The van der Waals surface area contributed by atoms with Gasteiger partial charge in [-0.25, -0.2) is 0 Å². The minimum atomic E-state index is -2.17. The molecule has 0 aromatic heterocycles. The molecule has 0 fully saturated rings. The van der Waals surface area contributed by atoms with Gasteiger partial charge in [0.25, 0.3) is 0 Å². The number of carbonyl (C=O) groups excluding carboxylic acids is 7. The minimum absolute atomic E-state index is 0.108. The van der Waals surface area contributed by atoms with Crippen LogP contribution in [0.25, 0.3) is 11.1 Å². The number of fused-ring (bicyclic) bond motifs is 14. The summed E-state index contributed by atoms with van der Waals surface area (Å²) in [7, 11) is 3.14. The second-order valence-electron chi connectivity index (χ2n) is 23.6. The first-order valence-corrected chi connectivity index (χ1v) is 30.9. The quantitative estimate of drug-likeness (QED) is 0.0850. The molecule has 27 nitrogen and oxygen atoms in total. The normalized spacial score (nSPS) is 21.5. The van der Waals surface area contributed by atoms with Crippen LogP contribution in [0.3, 0.4) is 0 Å². The molecule has 96 heavy (non-hydrogen) atoms. The first-order chi connectivity index (χ1) is 45.7. The van der Waals surface area contributed by atoms with E-state index in [-0.39, 0.29) is 90.5 Å². The van der Waals surface area contributed by atoms with Gasteiger partial charge in [-0.2, -0.15) is 0 Å². The first-order valence-electron chi connectivity index (χ1n) is 30.1. The van der Waals surface area contributed by atoms with Crippen molar-refractivity contribution in [1.29, 1.82) is 0 Å². The van der Waals surface area contributed by atoms with Crippen molar-refractivity contribution >= 4 is 64.6 Å². The van der Waals surface area contributed by atoms with E-state index < -0.39 is 148 Å². The number of halogens is 2. The molecule has 0 saturated carbocycles. The van der Waals surface area contributed by atoms with Crippen LogP contribution in [-0.4, -0.2) is 139 Å². The average molecular weight is 1360 g/mol. The molecule has 13 rings (SSSR count). The van der Waals surface area contributed by atoms with Crippen molar-refractivity contribution in [3.05, 3.63) is 164 Å². The van der Waals surface area contributed by atoms with Crippen LogP contribution in [0.15, 0.2) is 115 Å². The molecule has 29 heteroatoms. The van der Waals surface area contributed by atoms with Gasteiger partial charge < -0.3 is 97.2 Å². The summed E-state index contributed by atoms with van der Waals surface area (Å²) in [6.07, 6.45) is -3.06. The first kappa shape index (κ1) is 66.9. The number of nitrogens with one attached hydrogen (secondary N) is 8. The molecule has 7 aromatic carbocycles. The fourth-order valence-corrected chi connectivity index (χ4v) is 12.1. The summed E-state index contributed by atoms with van der Waals surface area (Å²) < 4.78 is 18.7. The van der Waals surface area contributed by atoms with Gasteiger partial charge in [0.15, 0.2) is 23.0 Å². The van der Waals surface area contributed by atoms with Crippen LogP contribution < -0.4 is 56.7 Å². The van der Waals surface area contributed by atoms with E-state index in [2.05, 4.69) is 42.5 Å². The number of phenolic OH excluding ortho intramolecular Hbond substituents is 6. The molecule has 0 aliphatic carbocycles. The number of hydrogen-bond donors (Lipinski definition) is 16. The molecule has 2 unspecified atom stereocenters. The Morgan fingerprint density at radius 1 is 0.583 bits per heavy atom. The molecule has 7 aromatic rings. The number of aliphatic hydroxyl groups excluding tert-OH is 2. The van der Waals surface area contributed by atoms with Gasteiger partial charge in [-0.15, -0.1) is 0 Å². The number of carbonyl (C=O) groups is 7. The van der Waals surface area contributed by atoms with Crippen molar-refractivity contribution < 1.29 is 88.6 Å². The number of nitrogens with zero attached hydrogens (tertiary/aromatic N) is 1. The molecular formula is C67H65Cl2N9O18. The van der Waals surface area contributed by atoms with E-state index in [4.69, 9.17) is 37.4 Å². The summed E-state index contributed by atoms with van der Waals surface area (Å²) in [5.41, 5.74) is -1.37. The number of ether oxygens (including phenoxy) is 3. The Labute approximate surface area is 556 Å². The number of aromatic hydroxyl groups is 6. The lowest BCUT2D eigenvalue weighted by atomic mass is 9.89. The van der Waals surface area contributed by atoms with Gasteiger partial charge in [0, 0.05) is 49.3 Å². The molecule has 0 saturated heterocycles. The van der Waals surface area contributed by atoms with Crippen molar-refractivity contribution in [2.75, 3.05) is 27.2 Å². The average Bonchev–Trinajstić information content (AvgIpc) is 0.770. The number of likely N-dealkylation sites (N-methyl/N-ethyl adjacent to an activating group) is 1. The summed E-state index contributed by atoms with van der Waals surface area (Å²) in [4.78, 5) is 109. The van der Waals surface area contributed by atoms with Crippen molar-refractivity contribution in [3.8, 4) is 80.1 Å². The van der Waals surface area contributed by atoms with E-state index in [0.717, 1.165) is 48.5 Å². The number of hydrogen-bond acceptors (Lipinski definition) is 20. The molecule has 17 bridgehead atoms. The Balaban J connectivity index is 1.12. The van der Waals surface area contributed by atoms with Crippen molar-refractivity contribution in [3.63, 3.8) is 0 Å². The molecule has 16 N–H and O–H groups in total. The maximum atomic E-state index is 16.0. The van der Waals surface area contributed by atoms with Gasteiger partial charge in [-0.05, 0) is 152 Å². The van der Waals surface area contributed by atoms with Gasteiger partial charge in [0.1, 0.15) is 88.6 Å². The van der Waals surface area contributed by atoms with E-state index in [1.807, 2.05) is 0 Å². The largest absolute Gasteiger partial charge is 0.508 e. The Hall–Kier alpha value is -10.6. The SMILES string of the molecule is CNCCCN(C)C(=O)[C@H]1NC(=O)[C@H]2NC(=O)[C@H](NC(=O)[C@@H]3NC(=O)[C@H]4NC(=O)[C@@H](Cc5ccc(c(Cl)c5)Oc5cc3cc(c5O)Oc3ccc(cc3Cl)[C@H]2O)NC(=O)[C@H](NC(C)C(C)O)c2ccc(O)c(c2)Oc2cc(O)cc4c2)c2ccc(O)c(c2)-c2c(O)cc(O)cc21. The third-order valence-electron chi connectivity index (χ3n) is 16.8.